The van der Waals surface area contributed by atoms with Crippen LogP contribution >= 0.6 is 0 Å². The number of benzene rings is 3. The van der Waals surface area contributed by atoms with E-state index in [9.17, 15) is 4.39 Å². The minimum Gasteiger partial charge on any atom is -0.509 e. The predicted molar refractivity (Wildman–Crippen MR) is 188 cm³/mol. The van der Waals surface area contributed by atoms with Crippen molar-refractivity contribution in [3.8, 4) is 23.0 Å². The Morgan fingerprint density at radius 2 is 1.71 bits per heavy atom. The molecule has 5 nitrogen and oxygen atoms in total. The first-order valence-electron chi connectivity index (χ1n) is 16.7. The van der Waals surface area contributed by atoms with Gasteiger partial charge in [-0.15, -0.1) is 35.7 Å². The molecule has 0 N–H and O–H groups in total. The van der Waals surface area contributed by atoms with Gasteiger partial charge in [0.2, 0.25) is 0 Å². The molecule has 1 unspecified atom stereocenters. The molecule has 0 bridgehead atoms. The molecule has 0 amide bonds. The standard InChI is InChI=1S/C41H41FN4O.Pt/c1-24(2)40-39(38-27(6)11-10-12-28(38)7)41(25(3)4)46(44-40)30-19-26(5)20-32(22-30)47-31-15-16-34-33-13-8-9-14-35(33)45(36(34)23-31)37-21-29(42)17-18-43-37;/h8-9,11,13-21,24-25,28,38H,10,12H2,1-7H3;/q-2;+2/t28-,38?;/m0./s1. The van der Waals surface area contributed by atoms with Gasteiger partial charge in [-0.05, 0) is 60.7 Å². The Hall–Kier alpha value is -4.02. The van der Waals surface area contributed by atoms with Crippen LogP contribution in [-0.2, 0) is 21.1 Å². The first-order valence-corrected chi connectivity index (χ1v) is 16.7. The molecular weight excluding hydrogens is 779 g/mol. The maximum absolute atomic E-state index is 14.3. The molecule has 0 saturated carbocycles. The van der Waals surface area contributed by atoms with E-state index in [1.54, 1.807) is 0 Å². The second-order valence-corrected chi connectivity index (χ2v) is 13.7. The van der Waals surface area contributed by atoms with E-state index in [0.29, 0.717) is 29.2 Å². The average Bonchev–Trinajstić information content (AvgIpc) is 3.58. The first kappa shape index (κ1) is 33.9. The Morgan fingerprint density at radius 3 is 2.44 bits per heavy atom. The van der Waals surface area contributed by atoms with E-state index in [2.05, 4.69) is 88.5 Å². The number of halogens is 1. The van der Waals surface area contributed by atoms with Gasteiger partial charge in [-0.1, -0.05) is 76.9 Å². The number of para-hydroxylation sites is 1. The van der Waals surface area contributed by atoms with Gasteiger partial charge in [-0.3, -0.25) is 4.68 Å². The Bertz CT molecular complexity index is 2160. The van der Waals surface area contributed by atoms with Crippen LogP contribution in [0.3, 0.4) is 0 Å². The molecule has 3 aromatic carbocycles. The van der Waals surface area contributed by atoms with Gasteiger partial charge in [-0.2, -0.15) is 16.7 Å². The molecular formula is C41H41FN4OPt. The third-order valence-corrected chi connectivity index (χ3v) is 9.46. The van der Waals surface area contributed by atoms with Crippen molar-refractivity contribution in [3.63, 3.8) is 0 Å². The number of pyridine rings is 1. The number of aromatic nitrogens is 4. The van der Waals surface area contributed by atoms with Crippen LogP contribution in [0.25, 0.3) is 33.3 Å². The Balaban J connectivity index is 0.00000401. The summed E-state index contributed by atoms with van der Waals surface area (Å²) in [5.74, 6) is 2.72. The molecule has 3 aromatic heterocycles. The normalized spacial score (nSPS) is 16.5. The van der Waals surface area contributed by atoms with Crippen molar-refractivity contribution in [2.24, 2.45) is 5.92 Å². The number of hydrogen-bond donors (Lipinski definition) is 0. The summed E-state index contributed by atoms with van der Waals surface area (Å²) in [6.45, 7) is 15.7. The van der Waals surface area contributed by atoms with Gasteiger partial charge in [0, 0.05) is 46.5 Å². The van der Waals surface area contributed by atoms with Gasteiger partial charge in [0.25, 0.3) is 0 Å². The molecule has 0 aliphatic heterocycles. The minimum absolute atomic E-state index is 0. The summed E-state index contributed by atoms with van der Waals surface area (Å²) in [5.41, 5.74) is 8.83. The van der Waals surface area contributed by atoms with Gasteiger partial charge in [0.15, 0.2) is 0 Å². The summed E-state index contributed by atoms with van der Waals surface area (Å²) in [6.07, 6.45) is 6.22. The van der Waals surface area contributed by atoms with Crippen molar-refractivity contribution in [2.75, 3.05) is 0 Å². The van der Waals surface area contributed by atoms with Gasteiger partial charge in [0.05, 0.1) is 5.69 Å². The first-order chi connectivity index (χ1) is 22.6. The second-order valence-electron chi connectivity index (χ2n) is 13.7. The molecule has 3 heterocycles. The molecule has 2 atom stereocenters. The molecule has 7 rings (SSSR count). The molecule has 0 spiro atoms. The van der Waals surface area contributed by atoms with Crippen molar-refractivity contribution < 1.29 is 30.2 Å². The van der Waals surface area contributed by atoms with E-state index >= 15 is 0 Å². The third kappa shape index (κ3) is 6.05. The average molecular weight is 820 g/mol. The van der Waals surface area contributed by atoms with E-state index in [0.717, 1.165) is 45.2 Å². The molecule has 0 radical (unpaired) electrons. The Labute approximate surface area is 297 Å². The van der Waals surface area contributed by atoms with E-state index in [-0.39, 0.29) is 38.7 Å². The second kappa shape index (κ2) is 13.5. The van der Waals surface area contributed by atoms with Crippen LogP contribution in [0.2, 0.25) is 0 Å². The van der Waals surface area contributed by atoms with Crippen molar-refractivity contribution >= 4 is 21.8 Å². The number of aryl methyl sites for hydroxylation is 1. The van der Waals surface area contributed by atoms with Crippen LogP contribution in [0, 0.1) is 30.8 Å². The molecule has 0 saturated heterocycles. The molecule has 1 aliphatic carbocycles. The fourth-order valence-corrected chi connectivity index (χ4v) is 7.41. The smallest absolute Gasteiger partial charge is 0.509 e. The zero-order chi connectivity index (χ0) is 33.0. The van der Waals surface area contributed by atoms with Gasteiger partial charge >= 0.3 is 21.1 Å². The van der Waals surface area contributed by atoms with Crippen LogP contribution in [0.5, 0.6) is 11.5 Å². The monoisotopic (exact) mass is 819 g/mol. The molecule has 248 valence electrons. The van der Waals surface area contributed by atoms with E-state index in [4.69, 9.17) is 9.84 Å². The molecule has 1 aliphatic rings. The zero-order valence-corrected chi connectivity index (χ0v) is 30.8. The van der Waals surface area contributed by atoms with Crippen LogP contribution in [0.1, 0.15) is 94.7 Å². The quantitative estimate of drug-likeness (QED) is 0.119. The number of allylic oxidation sites excluding steroid dienone is 2. The topological polar surface area (TPSA) is 44.9 Å². The minimum atomic E-state index is -0.345. The van der Waals surface area contributed by atoms with E-state index in [1.807, 2.05) is 41.0 Å². The maximum atomic E-state index is 14.3. The van der Waals surface area contributed by atoms with E-state index < -0.39 is 0 Å². The largest absolute Gasteiger partial charge is 2.00 e. The fourth-order valence-electron chi connectivity index (χ4n) is 7.41. The molecule has 6 aromatic rings. The van der Waals surface area contributed by atoms with E-state index in [1.165, 1.54) is 41.6 Å². The van der Waals surface area contributed by atoms with Gasteiger partial charge < -0.3 is 9.30 Å². The van der Waals surface area contributed by atoms with Crippen molar-refractivity contribution in [2.45, 2.75) is 79.1 Å². The number of ether oxygens (including phenoxy) is 1. The van der Waals surface area contributed by atoms with Crippen LogP contribution in [0.4, 0.5) is 4.39 Å². The SMILES string of the molecule is CC1=CCC[C@H](C)C1c1c(C(C)C)nn(-c2[c-]c(Oc3[c-]c4c(cc3)c3ccccc3n4-c3cc(F)ccn3)cc(C)c2)c1C(C)C.[Pt+2]. The summed E-state index contributed by atoms with van der Waals surface area (Å²) in [4.78, 5) is 4.48. The van der Waals surface area contributed by atoms with Crippen LogP contribution in [0.15, 0.2) is 78.5 Å². The summed E-state index contributed by atoms with van der Waals surface area (Å²) >= 11 is 0. The molecule has 0 fully saturated rings. The predicted octanol–water partition coefficient (Wildman–Crippen LogP) is 10.9. The van der Waals surface area contributed by atoms with Crippen molar-refractivity contribution in [1.29, 1.82) is 0 Å². The van der Waals surface area contributed by atoms with Crippen molar-refractivity contribution in [1.82, 2.24) is 19.3 Å². The number of nitrogens with zero attached hydrogens (tertiary/aromatic N) is 4. The maximum Gasteiger partial charge on any atom is 2.00 e. The van der Waals surface area contributed by atoms with Crippen LogP contribution < -0.4 is 4.74 Å². The number of rotatable bonds is 7. The number of fused-ring (bicyclic) bond motifs is 3. The molecule has 7 heteroatoms. The molecule has 48 heavy (non-hydrogen) atoms. The Kier molecular flexibility index (Phi) is 9.50. The number of hydrogen-bond acceptors (Lipinski definition) is 3. The summed E-state index contributed by atoms with van der Waals surface area (Å²) in [6, 6.07) is 25.9. The van der Waals surface area contributed by atoms with Gasteiger partial charge in [-0.25, -0.2) is 9.37 Å². The zero-order valence-electron chi connectivity index (χ0n) is 28.5. The van der Waals surface area contributed by atoms with Gasteiger partial charge in [0.1, 0.15) is 11.6 Å². The Morgan fingerprint density at radius 1 is 0.917 bits per heavy atom. The fraction of sp³-hybridized carbons (Fsp3) is 0.317. The summed E-state index contributed by atoms with van der Waals surface area (Å²) in [7, 11) is 0. The van der Waals surface area contributed by atoms with Crippen molar-refractivity contribution in [3.05, 3.63) is 119 Å². The summed E-state index contributed by atoms with van der Waals surface area (Å²) in [5, 5.41) is 7.33. The van der Waals surface area contributed by atoms with Crippen LogP contribution in [-0.4, -0.2) is 19.3 Å². The third-order valence-electron chi connectivity index (χ3n) is 9.46. The summed E-state index contributed by atoms with van der Waals surface area (Å²) < 4.78 is 24.9.